The van der Waals surface area contributed by atoms with Crippen LogP contribution in [-0.2, 0) is 0 Å². The van der Waals surface area contributed by atoms with E-state index in [9.17, 15) is 0 Å². The second kappa shape index (κ2) is 7.34. The van der Waals surface area contributed by atoms with Crippen molar-refractivity contribution in [1.82, 2.24) is 5.32 Å². The summed E-state index contributed by atoms with van der Waals surface area (Å²) in [5.41, 5.74) is 1.26. The van der Waals surface area contributed by atoms with Crippen molar-refractivity contribution in [2.24, 2.45) is 0 Å². The number of hydrogen-bond acceptors (Lipinski definition) is 2. The molecule has 19 heavy (non-hydrogen) atoms. The predicted molar refractivity (Wildman–Crippen MR) is 88.1 cm³/mol. The number of thioether (sulfide) groups is 1. The van der Waals surface area contributed by atoms with E-state index in [2.05, 4.69) is 51.6 Å². The quantitative estimate of drug-likeness (QED) is 0.743. The Bertz CT molecular complexity index is 530. The fourth-order valence-corrected chi connectivity index (χ4v) is 3.56. The lowest BCUT2D eigenvalue weighted by molar-refractivity contribution is 0.662. The van der Waals surface area contributed by atoms with Crippen LogP contribution in [0, 0.1) is 0 Å². The molecule has 0 radical (unpaired) electrons. The first-order valence-electron chi connectivity index (χ1n) is 6.00. The van der Waals surface area contributed by atoms with Crippen LogP contribution < -0.4 is 5.32 Å². The Balaban J connectivity index is 2.01. The zero-order chi connectivity index (χ0) is 13.7. The van der Waals surface area contributed by atoms with Crippen molar-refractivity contribution in [1.29, 1.82) is 0 Å². The number of halogens is 2. The van der Waals surface area contributed by atoms with Crippen LogP contribution in [0.15, 0.2) is 57.9 Å². The minimum absolute atomic E-state index is 0.321. The van der Waals surface area contributed by atoms with Crippen molar-refractivity contribution >= 4 is 39.3 Å². The molecule has 0 saturated heterocycles. The average molecular weight is 357 g/mol. The molecule has 0 spiro atoms. The first kappa shape index (κ1) is 14.9. The molecule has 0 aliphatic rings. The largest absolute Gasteiger partial charge is 0.312 e. The lowest BCUT2D eigenvalue weighted by Crippen LogP contribution is -2.18. The Morgan fingerprint density at radius 2 is 1.95 bits per heavy atom. The molecule has 0 saturated carbocycles. The van der Waals surface area contributed by atoms with Gasteiger partial charge in [-0.2, -0.15) is 0 Å². The lowest BCUT2D eigenvalue weighted by atomic mass is 10.1. The van der Waals surface area contributed by atoms with Gasteiger partial charge in [0, 0.05) is 26.2 Å². The summed E-state index contributed by atoms with van der Waals surface area (Å²) in [6, 6.07) is 16.7. The van der Waals surface area contributed by atoms with Gasteiger partial charge < -0.3 is 5.32 Å². The zero-order valence-corrected chi connectivity index (χ0v) is 13.7. The summed E-state index contributed by atoms with van der Waals surface area (Å²) in [4.78, 5) is 1.27. The smallest absolute Gasteiger partial charge is 0.0412 e. The SMILES string of the molecule is CNC(CSc1cccc(Br)c1)c1ccc(Cl)cc1. The molecule has 4 heteroatoms. The second-order valence-electron chi connectivity index (χ2n) is 4.16. The lowest BCUT2D eigenvalue weighted by Gasteiger charge is -2.16. The first-order chi connectivity index (χ1) is 9.19. The Hall–Kier alpha value is -0.480. The predicted octanol–water partition coefficient (Wildman–Crippen LogP) is 5.16. The highest BCUT2D eigenvalue weighted by Crippen LogP contribution is 2.27. The molecular formula is C15H15BrClNS. The number of nitrogens with one attached hydrogen (secondary N) is 1. The van der Waals surface area contributed by atoms with E-state index >= 15 is 0 Å². The topological polar surface area (TPSA) is 12.0 Å². The summed E-state index contributed by atoms with van der Waals surface area (Å²) in [5.74, 6) is 0.981. The molecule has 2 rings (SSSR count). The summed E-state index contributed by atoms with van der Waals surface area (Å²) >= 11 is 11.3. The Morgan fingerprint density at radius 3 is 2.58 bits per heavy atom. The molecule has 2 aromatic rings. The van der Waals surface area contributed by atoms with Gasteiger partial charge in [0.2, 0.25) is 0 Å². The van der Waals surface area contributed by atoms with E-state index in [1.807, 2.05) is 37.0 Å². The van der Waals surface area contributed by atoms with Crippen molar-refractivity contribution in [2.45, 2.75) is 10.9 Å². The number of benzene rings is 2. The number of rotatable bonds is 5. The fourth-order valence-electron chi connectivity index (χ4n) is 1.78. The Labute approximate surface area is 131 Å². The van der Waals surface area contributed by atoms with Gasteiger partial charge in [0.25, 0.3) is 0 Å². The molecule has 1 unspecified atom stereocenters. The standard InChI is InChI=1S/C15H15BrClNS/c1-18-15(11-5-7-13(17)8-6-11)10-19-14-4-2-3-12(16)9-14/h2-9,15,18H,10H2,1H3. The third kappa shape index (κ3) is 4.53. The van der Waals surface area contributed by atoms with Gasteiger partial charge in [0.15, 0.2) is 0 Å². The molecule has 0 bridgehead atoms. The van der Waals surface area contributed by atoms with Crippen molar-refractivity contribution in [3.63, 3.8) is 0 Å². The molecule has 1 N–H and O–H groups in total. The molecule has 1 nitrogen and oxygen atoms in total. The van der Waals surface area contributed by atoms with Gasteiger partial charge in [-0.1, -0.05) is 45.7 Å². The van der Waals surface area contributed by atoms with E-state index < -0.39 is 0 Å². The Kier molecular flexibility index (Phi) is 5.76. The third-order valence-corrected chi connectivity index (χ3v) is 4.67. The molecule has 0 amide bonds. The van der Waals surface area contributed by atoms with Gasteiger partial charge in [-0.05, 0) is 42.9 Å². The van der Waals surface area contributed by atoms with Gasteiger partial charge in [0.05, 0.1) is 0 Å². The maximum absolute atomic E-state index is 5.92. The molecular weight excluding hydrogens is 342 g/mol. The zero-order valence-electron chi connectivity index (χ0n) is 10.6. The third-order valence-electron chi connectivity index (χ3n) is 2.83. The molecule has 2 aromatic carbocycles. The van der Waals surface area contributed by atoms with Gasteiger partial charge in [-0.25, -0.2) is 0 Å². The highest BCUT2D eigenvalue weighted by molar-refractivity contribution is 9.10. The summed E-state index contributed by atoms with van der Waals surface area (Å²) < 4.78 is 1.12. The highest BCUT2D eigenvalue weighted by Gasteiger charge is 2.09. The van der Waals surface area contributed by atoms with Crippen LogP contribution in [0.5, 0.6) is 0 Å². The normalized spacial score (nSPS) is 12.4. The minimum Gasteiger partial charge on any atom is -0.312 e. The summed E-state index contributed by atoms with van der Waals surface area (Å²) in [6.07, 6.45) is 0. The van der Waals surface area contributed by atoms with Crippen LogP contribution in [0.2, 0.25) is 5.02 Å². The number of hydrogen-bond donors (Lipinski definition) is 1. The molecule has 0 heterocycles. The van der Waals surface area contributed by atoms with Crippen LogP contribution in [0.1, 0.15) is 11.6 Å². The van der Waals surface area contributed by atoms with Crippen LogP contribution in [0.25, 0.3) is 0 Å². The summed E-state index contributed by atoms with van der Waals surface area (Å²) in [7, 11) is 1.99. The molecule has 0 aromatic heterocycles. The summed E-state index contributed by atoms with van der Waals surface area (Å²) in [6.45, 7) is 0. The minimum atomic E-state index is 0.321. The van der Waals surface area contributed by atoms with Crippen LogP contribution in [-0.4, -0.2) is 12.8 Å². The van der Waals surface area contributed by atoms with Crippen molar-refractivity contribution in [3.8, 4) is 0 Å². The van der Waals surface area contributed by atoms with Crippen molar-refractivity contribution in [2.75, 3.05) is 12.8 Å². The van der Waals surface area contributed by atoms with E-state index in [0.29, 0.717) is 6.04 Å². The molecule has 100 valence electrons. The average Bonchev–Trinajstić information content (AvgIpc) is 2.41. The molecule has 1 atom stereocenters. The van der Waals surface area contributed by atoms with Crippen LogP contribution >= 0.6 is 39.3 Å². The van der Waals surface area contributed by atoms with Gasteiger partial charge >= 0.3 is 0 Å². The fraction of sp³-hybridized carbons (Fsp3) is 0.200. The van der Waals surface area contributed by atoms with Gasteiger partial charge in [-0.3, -0.25) is 0 Å². The van der Waals surface area contributed by atoms with Crippen LogP contribution in [0.3, 0.4) is 0 Å². The molecule has 0 aliphatic heterocycles. The first-order valence-corrected chi connectivity index (χ1v) is 8.16. The molecule has 0 fully saturated rings. The Morgan fingerprint density at radius 1 is 1.21 bits per heavy atom. The maximum atomic E-state index is 5.92. The van der Waals surface area contributed by atoms with Gasteiger partial charge in [-0.15, -0.1) is 11.8 Å². The van der Waals surface area contributed by atoms with Crippen molar-refractivity contribution in [3.05, 3.63) is 63.6 Å². The summed E-state index contributed by atoms with van der Waals surface area (Å²) in [5, 5.41) is 4.12. The van der Waals surface area contributed by atoms with Crippen molar-refractivity contribution < 1.29 is 0 Å². The van der Waals surface area contributed by atoms with Gasteiger partial charge in [0.1, 0.15) is 0 Å². The second-order valence-corrected chi connectivity index (χ2v) is 6.61. The van der Waals surface area contributed by atoms with E-state index in [1.165, 1.54) is 10.5 Å². The maximum Gasteiger partial charge on any atom is 0.0412 e. The van der Waals surface area contributed by atoms with E-state index in [0.717, 1.165) is 15.2 Å². The van der Waals surface area contributed by atoms with E-state index in [4.69, 9.17) is 11.6 Å². The van der Waals surface area contributed by atoms with Crippen LogP contribution in [0.4, 0.5) is 0 Å². The van der Waals surface area contributed by atoms with E-state index in [1.54, 1.807) is 0 Å². The highest BCUT2D eigenvalue weighted by atomic mass is 79.9. The molecule has 0 aliphatic carbocycles. The monoisotopic (exact) mass is 355 g/mol. The van der Waals surface area contributed by atoms with E-state index in [-0.39, 0.29) is 0 Å².